The second kappa shape index (κ2) is 7.25. The summed E-state index contributed by atoms with van der Waals surface area (Å²) in [6, 6.07) is 7.12. The number of hydrogen-bond donors (Lipinski definition) is 2. The summed E-state index contributed by atoms with van der Waals surface area (Å²) in [4.78, 5) is 0. The molecule has 1 fully saturated rings. The number of nitrogens with one attached hydrogen (secondary N) is 2. The van der Waals surface area contributed by atoms with Crippen LogP contribution in [0.15, 0.2) is 28.5 Å². The van der Waals surface area contributed by atoms with Gasteiger partial charge in [-0.15, -0.1) is 23.7 Å². The van der Waals surface area contributed by atoms with Crippen LogP contribution in [0.3, 0.4) is 0 Å². The molecule has 0 spiro atoms. The van der Waals surface area contributed by atoms with Crippen LogP contribution in [-0.2, 0) is 10.0 Å². The number of hydrogen-bond acceptors (Lipinski definition) is 4. The highest BCUT2D eigenvalue weighted by atomic mass is 35.5. The molecule has 1 aromatic heterocycles. The molecule has 0 atom stereocenters. The zero-order valence-electron chi connectivity index (χ0n) is 12.8. The van der Waals surface area contributed by atoms with E-state index in [2.05, 4.69) is 17.0 Å². The molecule has 1 aromatic carbocycles. The molecule has 0 aliphatic carbocycles. The van der Waals surface area contributed by atoms with E-state index < -0.39 is 10.0 Å². The van der Waals surface area contributed by atoms with E-state index in [1.807, 2.05) is 6.07 Å². The summed E-state index contributed by atoms with van der Waals surface area (Å²) in [6.45, 7) is 4.51. The lowest BCUT2D eigenvalue weighted by Crippen LogP contribution is -2.42. The van der Waals surface area contributed by atoms with Crippen molar-refractivity contribution < 1.29 is 8.42 Å². The van der Waals surface area contributed by atoms with Gasteiger partial charge in [0.1, 0.15) is 4.21 Å². The van der Waals surface area contributed by atoms with E-state index in [0.717, 1.165) is 36.0 Å². The Morgan fingerprint density at radius 1 is 1.30 bits per heavy atom. The third-order valence-corrected chi connectivity index (χ3v) is 7.45. The highest BCUT2D eigenvalue weighted by Crippen LogP contribution is 2.32. The topological polar surface area (TPSA) is 58.2 Å². The molecule has 128 valence electrons. The van der Waals surface area contributed by atoms with Crippen molar-refractivity contribution in [3.05, 3.63) is 29.3 Å². The zero-order chi connectivity index (χ0) is 15.8. The van der Waals surface area contributed by atoms with E-state index in [1.54, 1.807) is 18.2 Å². The Hall–Kier alpha value is -0.370. The van der Waals surface area contributed by atoms with E-state index in [1.165, 1.54) is 11.3 Å². The summed E-state index contributed by atoms with van der Waals surface area (Å²) in [5, 5.41) is 4.79. The third-order valence-electron chi connectivity index (χ3n) is 4.22. The standard InChI is InChI=1S/C15H19ClN2O2S2.ClH/c1-15(4-6-17-7-5-15)10-18-22(19,20)14-9-11-8-12(16)2-3-13(11)21-14;/h2-3,8-9,17-18H,4-7,10H2,1H3;1H. The molecule has 0 amide bonds. The molecule has 8 heteroatoms. The number of halogens is 2. The van der Waals surface area contributed by atoms with Gasteiger partial charge in [-0.1, -0.05) is 18.5 Å². The van der Waals surface area contributed by atoms with Crippen LogP contribution in [0.2, 0.25) is 5.02 Å². The molecule has 1 saturated heterocycles. The van der Waals surface area contributed by atoms with Crippen LogP contribution in [0.25, 0.3) is 10.1 Å². The molecule has 0 unspecified atom stereocenters. The lowest BCUT2D eigenvalue weighted by Gasteiger charge is -2.33. The molecule has 2 N–H and O–H groups in total. The number of benzene rings is 1. The van der Waals surface area contributed by atoms with Gasteiger partial charge in [0, 0.05) is 16.3 Å². The summed E-state index contributed by atoms with van der Waals surface area (Å²) >= 11 is 7.23. The van der Waals surface area contributed by atoms with Crippen LogP contribution in [0.4, 0.5) is 0 Å². The first-order valence-electron chi connectivity index (χ1n) is 7.28. The molecule has 0 saturated carbocycles. The first-order chi connectivity index (χ1) is 10.4. The van der Waals surface area contributed by atoms with E-state index in [4.69, 9.17) is 11.6 Å². The maximum atomic E-state index is 12.5. The van der Waals surface area contributed by atoms with E-state index in [0.29, 0.717) is 15.8 Å². The summed E-state index contributed by atoms with van der Waals surface area (Å²) in [5.74, 6) is 0. The average Bonchev–Trinajstić information content (AvgIpc) is 2.90. The molecular formula is C15H20Cl2N2O2S2. The smallest absolute Gasteiger partial charge is 0.250 e. The molecule has 1 aliphatic rings. The summed E-state index contributed by atoms with van der Waals surface area (Å²) in [6.07, 6.45) is 1.97. The van der Waals surface area contributed by atoms with Gasteiger partial charge in [0.05, 0.1) is 0 Å². The first kappa shape index (κ1) is 19.0. The minimum atomic E-state index is -3.47. The van der Waals surface area contributed by atoms with Gasteiger partial charge in [0.2, 0.25) is 10.0 Å². The predicted molar refractivity (Wildman–Crippen MR) is 99.5 cm³/mol. The minimum absolute atomic E-state index is 0. The van der Waals surface area contributed by atoms with Crippen molar-refractivity contribution in [1.29, 1.82) is 0 Å². The lowest BCUT2D eigenvalue weighted by molar-refractivity contribution is 0.232. The number of rotatable bonds is 4. The van der Waals surface area contributed by atoms with Crippen molar-refractivity contribution in [2.45, 2.75) is 24.0 Å². The van der Waals surface area contributed by atoms with Crippen LogP contribution in [0.5, 0.6) is 0 Å². The number of fused-ring (bicyclic) bond motifs is 1. The monoisotopic (exact) mass is 394 g/mol. The summed E-state index contributed by atoms with van der Waals surface area (Å²) in [7, 11) is -3.47. The van der Waals surface area contributed by atoms with Gasteiger partial charge < -0.3 is 5.32 Å². The Kier molecular flexibility index (Phi) is 5.98. The van der Waals surface area contributed by atoms with Gasteiger partial charge in [0.15, 0.2) is 0 Å². The van der Waals surface area contributed by atoms with Gasteiger partial charge in [-0.25, -0.2) is 13.1 Å². The fraction of sp³-hybridized carbons (Fsp3) is 0.467. The molecular weight excluding hydrogens is 375 g/mol. The molecule has 4 nitrogen and oxygen atoms in total. The van der Waals surface area contributed by atoms with E-state index >= 15 is 0 Å². The zero-order valence-corrected chi connectivity index (χ0v) is 16.0. The SMILES string of the molecule is CC1(CNS(=O)(=O)c2cc3cc(Cl)ccc3s2)CCNCC1.Cl. The van der Waals surface area contributed by atoms with Crippen LogP contribution in [0, 0.1) is 5.41 Å². The maximum Gasteiger partial charge on any atom is 0.250 e. The van der Waals surface area contributed by atoms with Crippen LogP contribution < -0.4 is 10.0 Å². The Balaban J connectivity index is 0.00000192. The van der Waals surface area contributed by atoms with Gasteiger partial charge >= 0.3 is 0 Å². The molecule has 1 aliphatic heterocycles. The molecule has 2 heterocycles. The van der Waals surface area contributed by atoms with Gasteiger partial charge in [0.25, 0.3) is 0 Å². The Morgan fingerprint density at radius 3 is 2.70 bits per heavy atom. The second-order valence-electron chi connectivity index (χ2n) is 6.13. The van der Waals surface area contributed by atoms with E-state index in [-0.39, 0.29) is 17.8 Å². The molecule has 23 heavy (non-hydrogen) atoms. The van der Waals surface area contributed by atoms with Crippen LogP contribution in [-0.4, -0.2) is 28.1 Å². The molecule has 3 rings (SSSR count). The molecule has 0 bridgehead atoms. The highest BCUT2D eigenvalue weighted by molar-refractivity contribution is 7.91. The Labute approximate surface area is 152 Å². The fourth-order valence-corrected chi connectivity index (χ4v) is 5.47. The van der Waals surface area contributed by atoms with Crippen molar-refractivity contribution >= 4 is 55.5 Å². The number of thiophene rings is 1. The van der Waals surface area contributed by atoms with Crippen LogP contribution >= 0.6 is 35.3 Å². The third kappa shape index (κ3) is 4.38. The maximum absolute atomic E-state index is 12.5. The normalized spacial score (nSPS) is 17.8. The summed E-state index contributed by atoms with van der Waals surface area (Å²) < 4.78 is 29.1. The molecule has 0 radical (unpaired) electrons. The number of sulfonamides is 1. The van der Waals surface area contributed by atoms with Gasteiger partial charge in [-0.05, 0) is 61.0 Å². The van der Waals surface area contributed by atoms with Gasteiger partial charge in [-0.3, -0.25) is 0 Å². The highest BCUT2D eigenvalue weighted by Gasteiger charge is 2.29. The van der Waals surface area contributed by atoms with Crippen LogP contribution in [0.1, 0.15) is 19.8 Å². The van der Waals surface area contributed by atoms with Crippen molar-refractivity contribution in [2.24, 2.45) is 5.41 Å². The lowest BCUT2D eigenvalue weighted by atomic mass is 9.81. The summed E-state index contributed by atoms with van der Waals surface area (Å²) in [5.41, 5.74) is 0.0261. The van der Waals surface area contributed by atoms with Crippen molar-refractivity contribution in [2.75, 3.05) is 19.6 Å². The second-order valence-corrected chi connectivity index (χ2v) is 9.65. The van der Waals surface area contributed by atoms with Crippen molar-refractivity contribution in [1.82, 2.24) is 10.0 Å². The molecule has 2 aromatic rings. The minimum Gasteiger partial charge on any atom is -0.317 e. The quantitative estimate of drug-likeness (QED) is 0.831. The average molecular weight is 395 g/mol. The first-order valence-corrected chi connectivity index (χ1v) is 9.95. The Bertz CT molecular complexity index is 784. The predicted octanol–water partition coefficient (Wildman–Crippen LogP) is 3.64. The largest absolute Gasteiger partial charge is 0.317 e. The van der Waals surface area contributed by atoms with Crippen molar-refractivity contribution in [3.8, 4) is 0 Å². The van der Waals surface area contributed by atoms with E-state index in [9.17, 15) is 8.42 Å². The fourth-order valence-electron chi connectivity index (χ4n) is 2.67. The number of piperidine rings is 1. The Morgan fingerprint density at radius 2 is 2.00 bits per heavy atom. The van der Waals surface area contributed by atoms with Crippen molar-refractivity contribution in [3.63, 3.8) is 0 Å². The van der Waals surface area contributed by atoms with Gasteiger partial charge in [-0.2, -0.15) is 0 Å².